The maximum absolute atomic E-state index is 13.0. The number of nitrogens with two attached hydrogens (primary N) is 1. The standard InChI is InChI=1S/C24H29N5O3/c1-31-17-2-3-19(20(25)13-17)24(30)29-9-5-16(6-10-29)18-4-8-26-23-22(18)27-21(28-23)12-15-7-11-32-14-15/h2-4,8,13,15-16H,5-7,9-12,14,25H2,1H3,(H,26,27,28). The van der Waals surface area contributed by atoms with E-state index in [9.17, 15) is 4.79 Å². The molecule has 0 spiro atoms. The highest BCUT2D eigenvalue weighted by atomic mass is 16.5. The Labute approximate surface area is 187 Å². The molecule has 2 aromatic heterocycles. The van der Waals surface area contributed by atoms with Crippen molar-refractivity contribution in [3.8, 4) is 5.75 Å². The highest BCUT2D eigenvalue weighted by molar-refractivity contribution is 5.99. The monoisotopic (exact) mass is 435 g/mol. The molecule has 168 valence electrons. The van der Waals surface area contributed by atoms with E-state index < -0.39 is 0 Å². The van der Waals surface area contributed by atoms with Gasteiger partial charge >= 0.3 is 0 Å². The lowest BCUT2D eigenvalue weighted by Gasteiger charge is -2.32. The number of H-pyrrole nitrogens is 1. The number of piperidine rings is 1. The lowest BCUT2D eigenvalue weighted by molar-refractivity contribution is 0.0714. The van der Waals surface area contributed by atoms with Gasteiger partial charge in [-0.1, -0.05) is 0 Å². The van der Waals surface area contributed by atoms with Crippen LogP contribution in [0.4, 0.5) is 5.69 Å². The Kier molecular flexibility index (Phi) is 5.70. The zero-order valence-corrected chi connectivity index (χ0v) is 18.3. The fourth-order valence-electron chi connectivity index (χ4n) is 4.85. The van der Waals surface area contributed by atoms with Gasteiger partial charge in [-0.3, -0.25) is 4.79 Å². The van der Waals surface area contributed by atoms with Crippen molar-refractivity contribution in [3.63, 3.8) is 0 Å². The maximum atomic E-state index is 13.0. The Balaban J connectivity index is 1.28. The summed E-state index contributed by atoms with van der Waals surface area (Å²) in [7, 11) is 1.59. The molecule has 8 heteroatoms. The Morgan fingerprint density at radius 3 is 2.84 bits per heavy atom. The van der Waals surface area contributed by atoms with Gasteiger partial charge in [-0.05, 0) is 54.9 Å². The Morgan fingerprint density at radius 2 is 2.12 bits per heavy atom. The maximum Gasteiger partial charge on any atom is 0.255 e. The van der Waals surface area contributed by atoms with Gasteiger partial charge in [0.05, 0.1) is 12.7 Å². The van der Waals surface area contributed by atoms with E-state index in [4.69, 9.17) is 20.2 Å². The number of pyridine rings is 1. The highest BCUT2D eigenvalue weighted by Gasteiger charge is 2.28. The molecule has 32 heavy (non-hydrogen) atoms. The average molecular weight is 436 g/mol. The summed E-state index contributed by atoms with van der Waals surface area (Å²) >= 11 is 0. The average Bonchev–Trinajstić information content (AvgIpc) is 3.48. The van der Waals surface area contributed by atoms with E-state index in [1.165, 1.54) is 5.56 Å². The molecule has 0 bridgehead atoms. The molecule has 1 unspecified atom stereocenters. The van der Waals surface area contributed by atoms with E-state index in [0.29, 0.717) is 41.9 Å². The smallest absolute Gasteiger partial charge is 0.255 e. The van der Waals surface area contributed by atoms with Gasteiger partial charge in [-0.25, -0.2) is 9.97 Å². The summed E-state index contributed by atoms with van der Waals surface area (Å²) in [6.45, 7) is 3.03. The minimum Gasteiger partial charge on any atom is -0.497 e. The number of likely N-dealkylation sites (tertiary alicyclic amines) is 1. The van der Waals surface area contributed by atoms with Crippen LogP contribution < -0.4 is 10.5 Å². The van der Waals surface area contributed by atoms with Gasteiger partial charge in [0.15, 0.2) is 5.65 Å². The number of methoxy groups -OCH3 is 1. The number of carbonyl (C=O) groups is 1. The van der Waals surface area contributed by atoms with Gasteiger partial charge in [-0.15, -0.1) is 0 Å². The summed E-state index contributed by atoms with van der Waals surface area (Å²) in [5, 5.41) is 0. The lowest BCUT2D eigenvalue weighted by Crippen LogP contribution is -2.38. The summed E-state index contributed by atoms with van der Waals surface area (Å²) in [5.74, 6) is 2.49. The number of hydrogen-bond donors (Lipinski definition) is 2. The quantitative estimate of drug-likeness (QED) is 0.597. The number of nitrogen functional groups attached to an aromatic ring is 1. The molecular formula is C24H29N5O3. The van der Waals surface area contributed by atoms with Crippen LogP contribution in [-0.4, -0.2) is 59.2 Å². The van der Waals surface area contributed by atoms with Crippen molar-refractivity contribution < 1.29 is 14.3 Å². The van der Waals surface area contributed by atoms with Crippen LogP contribution in [0.25, 0.3) is 11.2 Å². The lowest BCUT2D eigenvalue weighted by atomic mass is 9.89. The number of anilines is 1. The van der Waals surface area contributed by atoms with E-state index in [1.54, 1.807) is 25.3 Å². The second-order valence-corrected chi connectivity index (χ2v) is 8.73. The normalized spacial score (nSPS) is 19.5. The predicted octanol–water partition coefficient (Wildman–Crippen LogP) is 3.15. The van der Waals surface area contributed by atoms with E-state index >= 15 is 0 Å². The first-order valence-electron chi connectivity index (χ1n) is 11.3. The van der Waals surface area contributed by atoms with Gasteiger partial charge in [0.2, 0.25) is 0 Å². The second-order valence-electron chi connectivity index (χ2n) is 8.73. The van der Waals surface area contributed by atoms with Crippen LogP contribution in [0.5, 0.6) is 5.75 Å². The van der Waals surface area contributed by atoms with Gasteiger partial charge < -0.3 is 25.1 Å². The van der Waals surface area contributed by atoms with Crippen molar-refractivity contribution in [1.29, 1.82) is 0 Å². The molecule has 3 N–H and O–H groups in total. The molecule has 5 rings (SSSR count). The SMILES string of the molecule is COc1ccc(C(=O)N2CCC(c3ccnc4[nH]c(CC5CCOC5)nc34)CC2)c(N)c1. The number of nitrogens with one attached hydrogen (secondary N) is 1. The van der Waals surface area contributed by atoms with Crippen LogP contribution >= 0.6 is 0 Å². The molecular weight excluding hydrogens is 406 g/mol. The number of aromatic amines is 1. The van der Waals surface area contributed by atoms with Crippen LogP contribution in [0.3, 0.4) is 0 Å². The molecule has 0 radical (unpaired) electrons. The largest absolute Gasteiger partial charge is 0.497 e. The molecule has 4 heterocycles. The first kappa shape index (κ1) is 20.8. The summed E-state index contributed by atoms with van der Waals surface area (Å²) in [4.78, 5) is 27.7. The first-order valence-corrected chi connectivity index (χ1v) is 11.3. The number of imidazole rings is 1. The van der Waals surface area contributed by atoms with Crippen molar-refractivity contribution in [2.75, 3.05) is 39.1 Å². The van der Waals surface area contributed by atoms with E-state index in [-0.39, 0.29) is 5.91 Å². The van der Waals surface area contributed by atoms with Crippen molar-refractivity contribution >= 4 is 22.8 Å². The van der Waals surface area contributed by atoms with E-state index in [2.05, 4.69) is 16.0 Å². The third-order valence-corrected chi connectivity index (χ3v) is 6.68. The third-order valence-electron chi connectivity index (χ3n) is 6.68. The minimum atomic E-state index is -0.0238. The summed E-state index contributed by atoms with van der Waals surface area (Å²) < 4.78 is 10.7. The van der Waals surface area contributed by atoms with Gasteiger partial charge in [0, 0.05) is 50.7 Å². The molecule has 1 atom stereocenters. The molecule has 1 amide bonds. The Morgan fingerprint density at radius 1 is 1.28 bits per heavy atom. The van der Waals surface area contributed by atoms with Crippen LogP contribution in [0, 0.1) is 5.92 Å². The molecule has 2 fully saturated rings. The number of ether oxygens (including phenoxy) is 2. The number of rotatable bonds is 5. The number of hydrogen-bond acceptors (Lipinski definition) is 6. The topological polar surface area (TPSA) is 106 Å². The van der Waals surface area contributed by atoms with Gasteiger partial charge in [-0.2, -0.15) is 0 Å². The van der Waals surface area contributed by atoms with E-state index in [1.807, 2.05) is 11.1 Å². The van der Waals surface area contributed by atoms with Gasteiger partial charge in [0.1, 0.15) is 17.1 Å². The first-order chi connectivity index (χ1) is 15.6. The van der Waals surface area contributed by atoms with Crippen molar-refractivity contribution in [3.05, 3.63) is 47.4 Å². The number of benzene rings is 1. The number of amides is 1. The van der Waals surface area contributed by atoms with Crippen molar-refractivity contribution in [1.82, 2.24) is 19.9 Å². The number of aromatic nitrogens is 3. The van der Waals surface area contributed by atoms with Crippen LogP contribution in [0.1, 0.15) is 46.9 Å². The van der Waals surface area contributed by atoms with Crippen molar-refractivity contribution in [2.45, 2.75) is 31.6 Å². The molecule has 0 aliphatic carbocycles. The fraction of sp³-hybridized carbons (Fsp3) is 0.458. The molecule has 3 aromatic rings. The summed E-state index contributed by atoms with van der Waals surface area (Å²) in [5.41, 5.74) is 10.1. The van der Waals surface area contributed by atoms with Crippen molar-refractivity contribution in [2.24, 2.45) is 5.92 Å². The molecule has 8 nitrogen and oxygen atoms in total. The molecule has 2 aliphatic heterocycles. The van der Waals surface area contributed by atoms with E-state index in [0.717, 1.165) is 55.9 Å². The summed E-state index contributed by atoms with van der Waals surface area (Å²) in [6, 6.07) is 7.29. The number of fused-ring (bicyclic) bond motifs is 1. The molecule has 0 saturated carbocycles. The molecule has 2 saturated heterocycles. The predicted molar refractivity (Wildman–Crippen MR) is 122 cm³/mol. The molecule has 2 aliphatic rings. The number of carbonyl (C=O) groups excluding carboxylic acids is 1. The third kappa shape index (κ3) is 4.02. The number of nitrogens with zero attached hydrogens (tertiary/aromatic N) is 3. The van der Waals surface area contributed by atoms with Crippen LogP contribution in [-0.2, 0) is 11.2 Å². The minimum absolute atomic E-state index is 0.0238. The fourth-order valence-corrected chi connectivity index (χ4v) is 4.85. The summed E-state index contributed by atoms with van der Waals surface area (Å²) in [6.07, 6.45) is 5.61. The zero-order chi connectivity index (χ0) is 22.1. The zero-order valence-electron chi connectivity index (χ0n) is 18.3. The van der Waals surface area contributed by atoms with Crippen LogP contribution in [0.2, 0.25) is 0 Å². The Hall–Kier alpha value is -3.13. The van der Waals surface area contributed by atoms with Gasteiger partial charge in [0.25, 0.3) is 5.91 Å². The second kappa shape index (κ2) is 8.78. The molecule has 1 aromatic carbocycles. The van der Waals surface area contributed by atoms with Crippen LogP contribution in [0.15, 0.2) is 30.5 Å². The Bertz CT molecular complexity index is 1110. The highest BCUT2D eigenvalue weighted by Crippen LogP contribution is 2.33.